The number of hydrogen-bond donors (Lipinski definition) is 3. The molecule has 3 N–H and O–H groups in total. The average Bonchev–Trinajstić information content (AvgIpc) is 2.98. The quantitative estimate of drug-likeness (QED) is 0.703. The van der Waals surface area contributed by atoms with Gasteiger partial charge in [0.25, 0.3) is 0 Å². The molecule has 3 unspecified atom stereocenters. The van der Waals surface area contributed by atoms with Crippen molar-refractivity contribution < 1.29 is 9.90 Å². The summed E-state index contributed by atoms with van der Waals surface area (Å²) < 4.78 is 0. The Balaban J connectivity index is 1.96. The van der Waals surface area contributed by atoms with Crippen molar-refractivity contribution >= 4 is 11.7 Å². The average molecular weight is 348 g/mol. The van der Waals surface area contributed by atoms with Gasteiger partial charge in [0.1, 0.15) is 0 Å². The van der Waals surface area contributed by atoms with Gasteiger partial charge in [-0.15, -0.1) is 0 Å². The number of hydrogen-bond acceptors (Lipinski definition) is 3. The Labute approximate surface area is 151 Å². The highest BCUT2D eigenvalue weighted by Crippen LogP contribution is 2.38. The van der Waals surface area contributed by atoms with Crippen LogP contribution in [0.4, 0.5) is 10.5 Å². The number of nitrogens with one attached hydrogen (secondary N) is 2. The van der Waals surface area contributed by atoms with Crippen molar-refractivity contribution in [3.8, 4) is 0 Å². The molecule has 1 fully saturated rings. The first-order chi connectivity index (χ1) is 11.9. The molecule has 25 heavy (non-hydrogen) atoms. The lowest BCUT2D eigenvalue weighted by molar-refractivity contribution is 0.114. The molecule has 1 aliphatic rings. The highest BCUT2D eigenvalue weighted by molar-refractivity contribution is 5.89. The summed E-state index contributed by atoms with van der Waals surface area (Å²) in [5.74, 6) is 0. The van der Waals surface area contributed by atoms with Crippen LogP contribution in [0.25, 0.3) is 0 Å². The first-order valence-electron chi connectivity index (χ1n) is 9.46. The van der Waals surface area contributed by atoms with E-state index in [2.05, 4.69) is 36.6 Å². The maximum absolute atomic E-state index is 12.1. The molecule has 0 aliphatic heterocycles. The smallest absolute Gasteiger partial charge is 0.321 e. The van der Waals surface area contributed by atoms with Crippen LogP contribution in [0.15, 0.2) is 24.3 Å². The lowest BCUT2D eigenvalue weighted by Gasteiger charge is -2.32. The molecular weight excluding hydrogens is 314 g/mol. The molecule has 0 bridgehead atoms. The maximum Gasteiger partial charge on any atom is 0.321 e. The molecule has 0 heterocycles. The number of benzene rings is 1. The summed E-state index contributed by atoms with van der Waals surface area (Å²) in [4.78, 5) is 13.9. The minimum atomic E-state index is -0.0615. The summed E-state index contributed by atoms with van der Waals surface area (Å²) in [5, 5.41) is 16.3. The van der Waals surface area contributed by atoms with Crippen molar-refractivity contribution in [2.45, 2.75) is 59.0 Å². The summed E-state index contributed by atoms with van der Waals surface area (Å²) >= 11 is 0. The Hall–Kier alpha value is -1.59. The van der Waals surface area contributed by atoms with Crippen LogP contribution in [0, 0.1) is 5.41 Å². The third-order valence-corrected chi connectivity index (χ3v) is 5.61. The molecule has 5 heteroatoms. The standard InChI is InChI=1S/C20H33N3O2/c1-5-23(6-2)19(25)22-17-11-9-16(10-12-17)15(3)21-18-8-7-13-20(18,4)14-24/h9-12,15,18,21,24H,5-8,13-14H2,1-4H3,(H,22,25). The van der Waals surface area contributed by atoms with E-state index in [0.717, 1.165) is 24.9 Å². The molecule has 3 atom stereocenters. The number of urea groups is 1. The number of rotatable bonds is 7. The zero-order valence-electron chi connectivity index (χ0n) is 16.0. The Bertz CT molecular complexity index is 557. The fraction of sp³-hybridized carbons (Fsp3) is 0.650. The lowest BCUT2D eigenvalue weighted by Crippen LogP contribution is -2.42. The van der Waals surface area contributed by atoms with Gasteiger partial charge in [0.15, 0.2) is 0 Å². The van der Waals surface area contributed by atoms with E-state index in [1.807, 2.05) is 26.0 Å². The van der Waals surface area contributed by atoms with Gasteiger partial charge in [-0.25, -0.2) is 4.79 Å². The van der Waals surface area contributed by atoms with Gasteiger partial charge < -0.3 is 20.6 Å². The van der Waals surface area contributed by atoms with Crippen molar-refractivity contribution in [1.82, 2.24) is 10.2 Å². The first kappa shape index (κ1) is 19.7. The van der Waals surface area contributed by atoms with Gasteiger partial charge in [0.05, 0.1) is 0 Å². The fourth-order valence-electron chi connectivity index (χ4n) is 3.67. The number of nitrogens with zero attached hydrogens (tertiary/aromatic N) is 1. The second kappa shape index (κ2) is 8.68. The van der Waals surface area contributed by atoms with Gasteiger partial charge >= 0.3 is 6.03 Å². The van der Waals surface area contributed by atoms with Crippen LogP contribution < -0.4 is 10.6 Å². The molecule has 1 aromatic carbocycles. The molecule has 2 amide bonds. The summed E-state index contributed by atoms with van der Waals surface area (Å²) in [5.41, 5.74) is 1.98. The molecular formula is C20H33N3O2. The normalized spacial score (nSPS) is 24.1. The monoisotopic (exact) mass is 347 g/mol. The largest absolute Gasteiger partial charge is 0.396 e. The summed E-state index contributed by atoms with van der Waals surface area (Å²) in [6.45, 7) is 9.90. The third-order valence-electron chi connectivity index (χ3n) is 5.61. The van der Waals surface area contributed by atoms with E-state index in [0.29, 0.717) is 19.1 Å². The van der Waals surface area contributed by atoms with Crippen LogP contribution in [0.1, 0.15) is 58.6 Å². The maximum atomic E-state index is 12.1. The molecule has 5 nitrogen and oxygen atoms in total. The van der Waals surface area contributed by atoms with Crippen LogP contribution in [-0.4, -0.2) is 41.8 Å². The molecule has 0 saturated heterocycles. The van der Waals surface area contributed by atoms with Gasteiger partial charge in [0.2, 0.25) is 0 Å². The number of aliphatic hydroxyl groups is 1. The second-order valence-electron chi connectivity index (χ2n) is 7.37. The summed E-state index contributed by atoms with van der Waals surface area (Å²) in [7, 11) is 0. The molecule has 0 radical (unpaired) electrons. The zero-order chi connectivity index (χ0) is 18.4. The number of aliphatic hydroxyl groups excluding tert-OH is 1. The van der Waals surface area contributed by atoms with E-state index in [4.69, 9.17) is 0 Å². The Morgan fingerprint density at radius 2 is 1.96 bits per heavy atom. The second-order valence-corrected chi connectivity index (χ2v) is 7.37. The molecule has 0 spiro atoms. The Morgan fingerprint density at radius 3 is 2.52 bits per heavy atom. The Morgan fingerprint density at radius 1 is 1.32 bits per heavy atom. The van der Waals surface area contributed by atoms with E-state index < -0.39 is 0 Å². The van der Waals surface area contributed by atoms with Gasteiger partial charge in [-0.05, 0) is 51.3 Å². The van der Waals surface area contributed by atoms with Gasteiger partial charge in [-0.1, -0.05) is 25.5 Å². The van der Waals surface area contributed by atoms with Crippen LogP contribution >= 0.6 is 0 Å². The lowest BCUT2D eigenvalue weighted by atomic mass is 9.85. The molecule has 0 aromatic heterocycles. The van der Waals surface area contributed by atoms with Crippen molar-refractivity contribution in [3.63, 3.8) is 0 Å². The van der Waals surface area contributed by atoms with E-state index in [1.165, 1.54) is 5.56 Å². The highest BCUT2D eigenvalue weighted by Gasteiger charge is 2.38. The number of carbonyl (C=O) groups excluding carboxylic acids is 1. The SMILES string of the molecule is CCN(CC)C(=O)Nc1ccc(C(C)NC2CCCC2(C)CO)cc1. The van der Waals surface area contributed by atoms with Crippen molar-refractivity contribution in [1.29, 1.82) is 0 Å². The number of amides is 2. The van der Waals surface area contributed by atoms with Crippen LogP contribution in [0.3, 0.4) is 0 Å². The molecule has 2 rings (SSSR count). The molecule has 1 aliphatic carbocycles. The van der Waals surface area contributed by atoms with Gasteiger partial charge in [-0.3, -0.25) is 0 Å². The molecule has 1 aromatic rings. The predicted molar refractivity (Wildman–Crippen MR) is 103 cm³/mol. The van der Waals surface area contributed by atoms with Gasteiger partial charge in [0, 0.05) is 42.9 Å². The van der Waals surface area contributed by atoms with Crippen molar-refractivity contribution in [2.24, 2.45) is 5.41 Å². The van der Waals surface area contributed by atoms with Crippen molar-refractivity contribution in [2.75, 3.05) is 25.0 Å². The molecule has 140 valence electrons. The number of anilines is 1. The molecule has 1 saturated carbocycles. The topological polar surface area (TPSA) is 64.6 Å². The van der Waals surface area contributed by atoms with Crippen molar-refractivity contribution in [3.05, 3.63) is 29.8 Å². The Kier molecular flexibility index (Phi) is 6.85. The van der Waals surface area contributed by atoms with E-state index >= 15 is 0 Å². The third kappa shape index (κ3) is 4.73. The minimum absolute atomic E-state index is 0.0219. The van der Waals surface area contributed by atoms with Gasteiger partial charge in [-0.2, -0.15) is 0 Å². The van der Waals surface area contributed by atoms with E-state index in [9.17, 15) is 9.90 Å². The number of carbonyl (C=O) groups is 1. The summed E-state index contributed by atoms with van der Waals surface area (Å²) in [6, 6.07) is 8.51. The van der Waals surface area contributed by atoms with Crippen LogP contribution in [-0.2, 0) is 0 Å². The minimum Gasteiger partial charge on any atom is -0.396 e. The fourth-order valence-corrected chi connectivity index (χ4v) is 3.67. The zero-order valence-corrected chi connectivity index (χ0v) is 16.0. The first-order valence-corrected chi connectivity index (χ1v) is 9.46. The summed E-state index contributed by atoms with van der Waals surface area (Å²) in [6.07, 6.45) is 3.35. The van der Waals surface area contributed by atoms with E-state index in [-0.39, 0.29) is 24.1 Å². The predicted octanol–water partition coefficient (Wildman–Crippen LogP) is 3.76. The highest BCUT2D eigenvalue weighted by atomic mass is 16.3. The van der Waals surface area contributed by atoms with Crippen LogP contribution in [0.2, 0.25) is 0 Å². The van der Waals surface area contributed by atoms with Crippen LogP contribution in [0.5, 0.6) is 0 Å². The van der Waals surface area contributed by atoms with E-state index in [1.54, 1.807) is 4.90 Å².